The normalized spacial score (nSPS) is 20.8. The summed E-state index contributed by atoms with van der Waals surface area (Å²) in [6.45, 7) is 6.03. The van der Waals surface area contributed by atoms with Gasteiger partial charge in [-0.3, -0.25) is 4.79 Å². The lowest BCUT2D eigenvalue weighted by Crippen LogP contribution is -2.47. The molecule has 144 valence electrons. The van der Waals surface area contributed by atoms with Crippen molar-refractivity contribution < 1.29 is 23.1 Å². The van der Waals surface area contributed by atoms with Crippen LogP contribution in [-0.2, 0) is 14.8 Å². The molecule has 1 aromatic carbocycles. The number of anilines is 1. The van der Waals surface area contributed by atoms with E-state index in [1.165, 1.54) is 29.2 Å². The van der Waals surface area contributed by atoms with E-state index < -0.39 is 27.9 Å². The van der Waals surface area contributed by atoms with Crippen LogP contribution < -0.4 is 10.0 Å². The highest BCUT2D eigenvalue weighted by Crippen LogP contribution is 2.23. The number of rotatable bonds is 5. The first-order valence-corrected chi connectivity index (χ1v) is 9.98. The molecule has 8 nitrogen and oxygen atoms in total. The summed E-state index contributed by atoms with van der Waals surface area (Å²) >= 11 is 0. The Hall–Kier alpha value is -2.13. The number of likely N-dealkylation sites (tertiary alicyclic amines) is 1. The molecule has 0 aliphatic carbocycles. The van der Waals surface area contributed by atoms with Gasteiger partial charge in [-0.15, -0.1) is 0 Å². The maximum Gasteiger partial charge on any atom is 0.321 e. The number of carbonyl (C=O) groups excluding carboxylic acids is 1. The number of piperidine rings is 1. The van der Waals surface area contributed by atoms with Crippen LogP contribution in [-0.4, -0.2) is 49.6 Å². The number of nitrogens with zero attached hydrogens (tertiary/aromatic N) is 1. The fourth-order valence-corrected chi connectivity index (χ4v) is 4.25. The summed E-state index contributed by atoms with van der Waals surface area (Å²) in [6.07, 6.45) is 0.550. The molecule has 1 saturated heterocycles. The highest BCUT2D eigenvalue weighted by molar-refractivity contribution is 7.89. The van der Waals surface area contributed by atoms with Crippen LogP contribution in [0.2, 0.25) is 0 Å². The Kier molecular flexibility index (Phi) is 6.25. The van der Waals surface area contributed by atoms with Crippen molar-refractivity contribution in [3.8, 4) is 0 Å². The number of nitrogens with one attached hydrogen (secondary N) is 2. The average Bonchev–Trinajstić information content (AvgIpc) is 2.53. The molecule has 0 saturated carbocycles. The summed E-state index contributed by atoms with van der Waals surface area (Å²) in [4.78, 5) is 25.2. The van der Waals surface area contributed by atoms with E-state index in [9.17, 15) is 23.1 Å². The van der Waals surface area contributed by atoms with E-state index >= 15 is 0 Å². The quantitative estimate of drug-likeness (QED) is 0.719. The zero-order chi connectivity index (χ0) is 19.5. The number of aliphatic carboxylic acids is 1. The predicted octanol–water partition coefficient (Wildman–Crippen LogP) is 1.95. The molecule has 0 radical (unpaired) electrons. The van der Waals surface area contributed by atoms with Crippen LogP contribution in [0.25, 0.3) is 0 Å². The number of carbonyl (C=O) groups is 2. The number of hydrogen-bond donors (Lipinski definition) is 3. The van der Waals surface area contributed by atoms with E-state index in [1.807, 2.05) is 6.92 Å². The molecule has 2 atom stereocenters. The minimum atomic E-state index is -3.59. The van der Waals surface area contributed by atoms with Gasteiger partial charge >= 0.3 is 12.0 Å². The zero-order valence-electron chi connectivity index (χ0n) is 15.1. The molecule has 1 aliphatic rings. The van der Waals surface area contributed by atoms with Gasteiger partial charge in [0.25, 0.3) is 0 Å². The van der Waals surface area contributed by atoms with Gasteiger partial charge in [-0.25, -0.2) is 17.9 Å². The van der Waals surface area contributed by atoms with Crippen LogP contribution in [0, 0.1) is 11.8 Å². The second kappa shape index (κ2) is 8.05. The summed E-state index contributed by atoms with van der Waals surface area (Å²) in [5, 5.41) is 11.9. The fraction of sp³-hybridized carbons (Fsp3) is 0.529. The average molecular weight is 383 g/mol. The smallest absolute Gasteiger partial charge is 0.321 e. The topological polar surface area (TPSA) is 116 Å². The van der Waals surface area contributed by atoms with Crippen molar-refractivity contribution in [2.75, 3.05) is 18.4 Å². The molecule has 2 unspecified atom stereocenters. The van der Waals surface area contributed by atoms with Crippen molar-refractivity contribution in [2.45, 2.75) is 38.1 Å². The molecule has 2 rings (SSSR count). The number of benzene rings is 1. The van der Waals surface area contributed by atoms with E-state index in [1.54, 1.807) is 13.8 Å². The molecule has 1 fully saturated rings. The van der Waals surface area contributed by atoms with E-state index in [4.69, 9.17) is 0 Å². The third-order valence-electron chi connectivity index (χ3n) is 4.10. The first kappa shape index (κ1) is 20.2. The Morgan fingerprint density at radius 1 is 1.19 bits per heavy atom. The van der Waals surface area contributed by atoms with Crippen molar-refractivity contribution in [3.05, 3.63) is 24.3 Å². The second-order valence-corrected chi connectivity index (χ2v) is 8.73. The Labute approximate surface area is 153 Å². The molecule has 1 aromatic rings. The third-order valence-corrected chi connectivity index (χ3v) is 5.78. The van der Waals surface area contributed by atoms with Crippen molar-refractivity contribution >= 4 is 27.7 Å². The number of carboxylic acids is 1. The molecular formula is C17H25N3O5S. The summed E-state index contributed by atoms with van der Waals surface area (Å²) in [7, 11) is -3.59. The summed E-state index contributed by atoms with van der Waals surface area (Å²) < 4.78 is 26.7. The second-order valence-electron chi connectivity index (χ2n) is 7.01. The van der Waals surface area contributed by atoms with Gasteiger partial charge in [-0.05, 0) is 50.5 Å². The first-order chi connectivity index (χ1) is 12.1. The van der Waals surface area contributed by atoms with Crippen LogP contribution in [0.5, 0.6) is 0 Å². The summed E-state index contributed by atoms with van der Waals surface area (Å²) in [5.74, 6) is -1.37. The van der Waals surface area contributed by atoms with Crippen molar-refractivity contribution in [2.24, 2.45) is 11.8 Å². The zero-order valence-corrected chi connectivity index (χ0v) is 15.9. The van der Waals surface area contributed by atoms with Crippen LogP contribution in [0.1, 0.15) is 27.2 Å². The minimum absolute atomic E-state index is 0.102. The van der Waals surface area contributed by atoms with E-state index in [-0.39, 0.29) is 23.4 Å². The molecule has 1 heterocycles. The third kappa shape index (κ3) is 5.18. The predicted molar refractivity (Wildman–Crippen MR) is 97.4 cm³/mol. The lowest BCUT2D eigenvalue weighted by atomic mass is 9.91. The van der Waals surface area contributed by atoms with Gasteiger partial charge < -0.3 is 15.3 Å². The van der Waals surface area contributed by atoms with Crippen molar-refractivity contribution in [3.63, 3.8) is 0 Å². The minimum Gasteiger partial charge on any atom is -0.481 e. The van der Waals surface area contributed by atoms with Gasteiger partial charge in [0.1, 0.15) is 0 Å². The Morgan fingerprint density at radius 2 is 1.81 bits per heavy atom. The van der Waals surface area contributed by atoms with E-state index in [0.717, 1.165) is 0 Å². The van der Waals surface area contributed by atoms with Gasteiger partial charge in [-0.1, -0.05) is 6.92 Å². The standard InChI is InChI=1S/C17H25N3O5S/c1-11(2)19-26(24,25)15-6-4-14(5-7-15)18-17(23)20-9-12(3)8-13(10-20)16(21)22/h4-7,11-13,19H,8-10H2,1-3H3,(H,18,23)(H,21,22). The molecular weight excluding hydrogens is 358 g/mol. The highest BCUT2D eigenvalue weighted by Gasteiger charge is 2.31. The Bertz CT molecular complexity index is 761. The molecule has 9 heteroatoms. The maximum atomic E-state index is 12.4. The van der Waals surface area contributed by atoms with Gasteiger partial charge in [0.2, 0.25) is 10.0 Å². The van der Waals surface area contributed by atoms with Crippen LogP contribution in [0.15, 0.2) is 29.2 Å². The monoisotopic (exact) mass is 383 g/mol. The van der Waals surface area contributed by atoms with Crippen molar-refractivity contribution in [1.82, 2.24) is 9.62 Å². The molecule has 2 amide bonds. The molecule has 3 N–H and O–H groups in total. The van der Waals surface area contributed by atoms with Gasteiger partial charge in [0.15, 0.2) is 0 Å². The van der Waals surface area contributed by atoms with Gasteiger partial charge in [0, 0.05) is 24.8 Å². The van der Waals surface area contributed by atoms with E-state index in [0.29, 0.717) is 18.7 Å². The molecule has 1 aliphatic heterocycles. The fourth-order valence-electron chi connectivity index (χ4n) is 2.99. The number of urea groups is 1. The molecule has 0 bridgehead atoms. The number of amides is 2. The molecule has 0 spiro atoms. The lowest BCUT2D eigenvalue weighted by molar-refractivity contribution is -0.143. The lowest BCUT2D eigenvalue weighted by Gasteiger charge is -2.34. The van der Waals surface area contributed by atoms with E-state index in [2.05, 4.69) is 10.0 Å². The Morgan fingerprint density at radius 3 is 2.35 bits per heavy atom. The van der Waals surface area contributed by atoms with Gasteiger partial charge in [0.05, 0.1) is 10.8 Å². The van der Waals surface area contributed by atoms with Crippen LogP contribution >= 0.6 is 0 Å². The first-order valence-electron chi connectivity index (χ1n) is 8.49. The number of sulfonamides is 1. The van der Waals surface area contributed by atoms with Crippen molar-refractivity contribution in [1.29, 1.82) is 0 Å². The van der Waals surface area contributed by atoms with Crippen LogP contribution in [0.3, 0.4) is 0 Å². The SMILES string of the molecule is CC1CC(C(=O)O)CN(C(=O)Nc2ccc(S(=O)(=O)NC(C)C)cc2)C1. The highest BCUT2D eigenvalue weighted by atomic mass is 32.2. The largest absolute Gasteiger partial charge is 0.481 e. The number of hydrogen-bond acceptors (Lipinski definition) is 4. The van der Waals surface area contributed by atoms with Gasteiger partial charge in [-0.2, -0.15) is 0 Å². The Balaban J connectivity index is 2.04. The van der Waals surface area contributed by atoms with Crippen LogP contribution in [0.4, 0.5) is 10.5 Å². The summed E-state index contributed by atoms with van der Waals surface area (Å²) in [6, 6.07) is 5.24. The number of carboxylic acid groups (broad SMARTS) is 1. The molecule has 26 heavy (non-hydrogen) atoms. The maximum absolute atomic E-state index is 12.4. The summed E-state index contributed by atoms with van der Waals surface area (Å²) in [5.41, 5.74) is 0.448. The molecule has 0 aromatic heterocycles.